The van der Waals surface area contributed by atoms with Gasteiger partial charge in [-0.1, -0.05) is 12.2 Å². The van der Waals surface area contributed by atoms with E-state index in [9.17, 15) is 20.4 Å². The molecule has 5 heteroatoms. The van der Waals surface area contributed by atoms with Crippen molar-refractivity contribution in [3.05, 3.63) is 12.2 Å². The first-order valence-electron chi connectivity index (χ1n) is 4.92. The highest BCUT2D eigenvalue weighted by molar-refractivity contribution is 5.04. The van der Waals surface area contributed by atoms with Gasteiger partial charge in [0.2, 0.25) is 5.79 Å². The Bertz CT molecular complexity index is 250. The van der Waals surface area contributed by atoms with Gasteiger partial charge in [0.15, 0.2) is 0 Å². The summed E-state index contributed by atoms with van der Waals surface area (Å²) >= 11 is 0. The van der Waals surface area contributed by atoms with E-state index in [0.717, 1.165) is 0 Å². The molecule has 0 aromatic rings. The number of allylic oxidation sites excluding steroid dienone is 1. The van der Waals surface area contributed by atoms with Gasteiger partial charge >= 0.3 is 0 Å². The van der Waals surface area contributed by atoms with Crippen LogP contribution in [0.25, 0.3) is 0 Å². The molecule has 0 amide bonds. The van der Waals surface area contributed by atoms with Crippen LogP contribution in [0.2, 0.25) is 0 Å². The first-order chi connectivity index (χ1) is 6.84. The summed E-state index contributed by atoms with van der Waals surface area (Å²) in [5.74, 6) is -2.42. The van der Waals surface area contributed by atoms with E-state index in [2.05, 4.69) is 0 Å². The molecule has 3 atom stereocenters. The van der Waals surface area contributed by atoms with Crippen molar-refractivity contribution >= 4 is 0 Å². The SMILES string of the molecule is CC=CC[C@@]1(O)CO[C@H](C)C(O)(O)[C@H]1O. The normalized spacial score (nSPS) is 40.9. The standard InChI is InChI=1S/C10H18O5/c1-3-4-5-9(12)6-15-7(2)10(13,14)8(9)11/h3-4,7-8,11-14H,5-6H2,1-2H3/t7-,8+,9-/m1/s1. The lowest BCUT2D eigenvalue weighted by Gasteiger charge is -2.46. The third-order valence-electron chi connectivity index (χ3n) is 2.80. The Balaban J connectivity index is 2.84. The average Bonchev–Trinajstić information content (AvgIpc) is 2.20. The van der Waals surface area contributed by atoms with E-state index >= 15 is 0 Å². The summed E-state index contributed by atoms with van der Waals surface area (Å²) in [6.07, 6.45) is 0.876. The molecule has 0 aromatic carbocycles. The molecule has 0 spiro atoms. The highest BCUT2D eigenvalue weighted by Crippen LogP contribution is 2.32. The molecule has 1 heterocycles. The largest absolute Gasteiger partial charge is 0.384 e. The molecule has 88 valence electrons. The number of aliphatic hydroxyl groups is 4. The van der Waals surface area contributed by atoms with Crippen LogP contribution in [0, 0.1) is 0 Å². The van der Waals surface area contributed by atoms with E-state index in [-0.39, 0.29) is 13.0 Å². The van der Waals surface area contributed by atoms with Crippen LogP contribution in [-0.2, 0) is 4.74 Å². The lowest BCUT2D eigenvalue weighted by atomic mass is 9.83. The Morgan fingerprint density at radius 1 is 1.40 bits per heavy atom. The summed E-state index contributed by atoms with van der Waals surface area (Å²) < 4.78 is 5.03. The maximum Gasteiger partial charge on any atom is 0.219 e. The molecular formula is C10H18O5. The van der Waals surface area contributed by atoms with Crippen LogP contribution in [0.1, 0.15) is 20.3 Å². The lowest BCUT2D eigenvalue weighted by molar-refractivity contribution is -0.351. The summed E-state index contributed by atoms with van der Waals surface area (Å²) in [5.41, 5.74) is -1.65. The lowest BCUT2D eigenvalue weighted by Crippen LogP contribution is -2.67. The molecule has 15 heavy (non-hydrogen) atoms. The van der Waals surface area contributed by atoms with Crippen molar-refractivity contribution in [2.45, 2.75) is 43.9 Å². The molecule has 1 fully saturated rings. The maximum absolute atomic E-state index is 9.98. The zero-order valence-corrected chi connectivity index (χ0v) is 8.92. The molecule has 1 aliphatic rings. The number of rotatable bonds is 2. The van der Waals surface area contributed by atoms with E-state index in [1.165, 1.54) is 6.92 Å². The topological polar surface area (TPSA) is 90.2 Å². The second-order valence-corrected chi connectivity index (χ2v) is 4.02. The molecule has 0 unspecified atom stereocenters. The smallest absolute Gasteiger partial charge is 0.219 e. The minimum atomic E-state index is -2.42. The van der Waals surface area contributed by atoms with Gasteiger partial charge in [0.25, 0.3) is 0 Å². The first kappa shape index (κ1) is 12.6. The van der Waals surface area contributed by atoms with Gasteiger partial charge in [0, 0.05) is 0 Å². The van der Waals surface area contributed by atoms with E-state index in [4.69, 9.17) is 4.74 Å². The number of hydrogen-bond acceptors (Lipinski definition) is 5. The molecule has 5 nitrogen and oxygen atoms in total. The molecule has 0 aromatic heterocycles. The molecular weight excluding hydrogens is 200 g/mol. The molecule has 1 saturated heterocycles. The molecule has 1 rings (SSSR count). The quantitative estimate of drug-likeness (QED) is 0.358. The van der Waals surface area contributed by atoms with Crippen LogP contribution < -0.4 is 0 Å². The van der Waals surface area contributed by atoms with Crippen molar-refractivity contribution in [3.63, 3.8) is 0 Å². The maximum atomic E-state index is 9.98. The van der Waals surface area contributed by atoms with Gasteiger partial charge in [-0.15, -0.1) is 0 Å². The first-order valence-corrected chi connectivity index (χ1v) is 4.92. The number of ether oxygens (including phenoxy) is 1. The van der Waals surface area contributed by atoms with Crippen molar-refractivity contribution in [1.29, 1.82) is 0 Å². The van der Waals surface area contributed by atoms with Crippen LogP contribution >= 0.6 is 0 Å². The van der Waals surface area contributed by atoms with Gasteiger partial charge in [0.05, 0.1) is 6.61 Å². The van der Waals surface area contributed by atoms with Gasteiger partial charge in [-0.25, -0.2) is 0 Å². The third-order valence-corrected chi connectivity index (χ3v) is 2.80. The van der Waals surface area contributed by atoms with E-state index < -0.39 is 23.6 Å². The average molecular weight is 218 g/mol. The monoisotopic (exact) mass is 218 g/mol. The Labute approximate surface area is 88.6 Å². The summed E-state index contributed by atoms with van der Waals surface area (Å²) in [6.45, 7) is 3.08. The van der Waals surface area contributed by atoms with E-state index in [1.54, 1.807) is 19.1 Å². The van der Waals surface area contributed by atoms with Gasteiger partial charge in [-0.05, 0) is 20.3 Å². The van der Waals surface area contributed by atoms with E-state index in [1.807, 2.05) is 0 Å². The minimum Gasteiger partial charge on any atom is -0.384 e. The predicted octanol–water partition coefficient (Wildman–Crippen LogP) is -0.856. The number of aliphatic hydroxyl groups excluding tert-OH is 1. The predicted molar refractivity (Wildman–Crippen MR) is 53.0 cm³/mol. The van der Waals surface area contributed by atoms with Gasteiger partial charge < -0.3 is 25.2 Å². The van der Waals surface area contributed by atoms with Crippen LogP contribution in [-0.4, -0.2) is 50.6 Å². The van der Waals surface area contributed by atoms with Crippen LogP contribution in [0.15, 0.2) is 12.2 Å². The number of hydrogen-bond donors (Lipinski definition) is 4. The van der Waals surface area contributed by atoms with Crippen molar-refractivity contribution in [1.82, 2.24) is 0 Å². The molecule has 0 bridgehead atoms. The van der Waals surface area contributed by atoms with Crippen LogP contribution in [0.5, 0.6) is 0 Å². The Hall–Kier alpha value is -0.460. The second kappa shape index (κ2) is 4.19. The zero-order valence-electron chi connectivity index (χ0n) is 8.92. The summed E-state index contributed by atoms with van der Waals surface area (Å²) in [7, 11) is 0. The molecule has 0 radical (unpaired) electrons. The van der Waals surface area contributed by atoms with Crippen LogP contribution in [0.3, 0.4) is 0 Å². The van der Waals surface area contributed by atoms with E-state index in [0.29, 0.717) is 0 Å². The zero-order chi connectivity index (χ0) is 11.7. The molecule has 4 N–H and O–H groups in total. The van der Waals surface area contributed by atoms with Crippen molar-refractivity contribution in [2.24, 2.45) is 0 Å². The summed E-state index contributed by atoms with van der Waals surface area (Å²) in [5, 5.41) is 38.8. The highest BCUT2D eigenvalue weighted by atomic mass is 16.6. The minimum absolute atomic E-state index is 0.111. The van der Waals surface area contributed by atoms with Gasteiger partial charge in [-0.3, -0.25) is 0 Å². The Kier molecular flexibility index (Phi) is 3.52. The highest BCUT2D eigenvalue weighted by Gasteiger charge is 2.55. The van der Waals surface area contributed by atoms with Crippen molar-refractivity contribution < 1.29 is 25.2 Å². The summed E-state index contributed by atoms with van der Waals surface area (Å²) in [6, 6.07) is 0. The fraction of sp³-hybridized carbons (Fsp3) is 0.800. The third kappa shape index (κ3) is 2.21. The fourth-order valence-corrected chi connectivity index (χ4v) is 1.58. The van der Waals surface area contributed by atoms with Crippen LogP contribution in [0.4, 0.5) is 0 Å². The summed E-state index contributed by atoms with van der Waals surface area (Å²) in [4.78, 5) is 0. The molecule has 0 saturated carbocycles. The van der Waals surface area contributed by atoms with Crippen molar-refractivity contribution in [2.75, 3.05) is 6.61 Å². The Morgan fingerprint density at radius 3 is 2.53 bits per heavy atom. The molecule has 1 aliphatic heterocycles. The van der Waals surface area contributed by atoms with Crippen molar-refractivity contribution in [3.8, 4) is 0 Å². The Morgan fingerprint density at radius 2 is 2.00 bits per heavy atom. The van der Waals surface area contributed by atoms with Gasteiger partial charge in [-0.2, -0.15) is 0 Å². The second-order valence-electron chi connectivity index (χ2n) is 4.02. The fourth-order valence-electron chi connectivity index (χ4n) is 1.58. The molecule has 0 aliphatic carbocycles. The van der Waals surface area contributed by atoms with Gasteiger partial charge in [0.1, 0.15) is 17.8 Å².